The number of nitrogens with two attached hydrogens (primary N) is 1. The molecule has 2 rings (SSSR count). The maximum absolute atomic E-state index is 12.5. The molecule has 0 aromatic carbocycles. The monoisotopic (exact) mass is 249 g/mol. The number of piperidine rings is 1. The highest BCUT2D eigenvalue weighted by atomic mass is 16.2. The fourth-order valence-electron chi connectivity index (χ4n) is 2.87. The Balaban J connectivity index is 2.23. The van der Waals surface area contributed by atoms with Gasteiger partial charge in [-0.2, -0.15) is 0 Å². The number of hydrogen-bond donors (Lipinski definition) is 1. The van der Waals surface area contributed by atoms with Crippen LogP contribution in [0.4, 0.5) is 0 Å². The smallest absolute Gasteiger partial charge is 0.255 e. The van der Waals surface area contributed by atoms with Crippen LogP contribution in [-0.2, 0) is 6.54 Å². The number of carbonyl (C=O) groups excluding carboxylic acids is 1. The predicted octanol–water partition coefficient (Wildman–Crippen LogP) is 1.69. The highest BCUT2D eigenvalue weighted by molar-refractivity contribution is 5.95. The number of aryl methyl sites for hydroxylation is 1. The van der Waals surface area contributed by atoms with Crippen molar-refractivity contribution in [2.45, 2.75) is 46.2 Å². The highest BCUT2D eigenvalue weighted by Gasteiger charge is 2.25. The molecule has 0 bridgehead atoms. The van der Waals surface area contributed by atoms with Crippen molar-refractivity contribution >= 4 is 5.91 Å². The van der Waals surface area contributed by atoms with E-state index < -0.39 is 0 Å². The summed E-state index contributed by atoms with van der Waals surface area (Å²) in [5.41, 5.74) is 9.00. The second kappa shape index (κ2) is 5.14. The molecule has 0 radical (unpaired) electrons. The van der Waals surface area contributed by atoms with Gasteiger partial charge in [0.15, 0.2) is 0 Å². The molecule has 2 heterocycles. The number of hydrogen-bond acceptors (Lipinski definition) is 2. The van der Waals surface area contributed by atoms with E-state index in [1.807, 2.05) is 17.9 Å². The summed E-state index contributed by atoms with van der Waals surface area (Å²) in [6, 6.07) is 2.14. The quantitative estimate of drug-likeness (QED) is 0.867. The average molecular weight is 249 g/mol. The third kappa shape index (κ3) is 2.29. The topological polar surface area (TPSA) is 51.3 Å². The molecule has 1 aliphatic rings. The summed E-state index contributed by atoms with van der Waals surface area (Å²) in [5.74, 6) is 0.137. The molecule has 1 atom stereocenters. The molecule has 4 heteroatoms. The lowest BCUT2D eigenvalue weighted by Gasteiger charge is -2.30. The number of carbonyl (C=O) groups is 1. The van der Waals surface area contributed by atoms with Crippen LogP contribution in [0.2, 0.25) is 0 Å². The molecule has 1 fully saturated rings. The van der Waals surface area contributed by atoms with Crippen molar-refractivity contribution in [3.8, 4) is 0 Å². The van der Waals surface area contributed by atoms with Crippen LogP contribution in [0.1, 0.15) is 41.5 Å². The number of nitrogens with zero attached hydrogens (tertiary/aromatic N) is 2. The first kappa shape index (κ1) is 13.1. The van der Waals surface area contributed by atoms with Gasteiger partial charge >= 0.3 is 0 Å². The lowest BCUT2D eigenvalue weighted by molar-refractivity contribution is 0.0708. The van der Waals surface area contributed by atoms with Crippen LogP contribution < -0.4 is 5.73 Å². The molecular weight excluding hydrogens is 226 g/mol. The lowest BCUT2D eigenvalue weighted by atomic mass is 10.1. The lowest BCUT2D eigenvalue weighted by Crippen LogP contribution is -2.45. The molecule has 0 spiro atoms. The van der Waals surface area contributed by atoms with Gasteiger partial charge in [-0.25, -0.2) is 0 Å². The Hall–Kier alpha value is -1.29. The first-order chi connectivity index (χ1) is 8.54. The summed E-state index contributed by atoms with van der Waals surface area (Å²) >= 11 is 0. The summed E-state index contributed by atoms with van der Waals surface area (Å²) in [5, 5.41) is 0. The third-order valence-corrected chi connectivity index (χ3v) is 3.87. The molecule has 1 aliphatic heterocycles. The van der Waals surface area contributed by atoms with Gasteiger partial charge in [-0.05, 0) is 39.7 Å². The molecule has 0 aliphatic carbocycles. The molecule has 4 nitrogen and oxygen atoms in total. The molecule has 1 unspecified atom stereocenters. The van der Waals surface area contributed by atoms with E-state index in [1.54, 1.807) is 0 Å². The molecule has 100 valence electrons. The van der Waals surface area contributed by atoms with Crippen molar-refractivity contribution in [1.82, 2.24) is 9.47 Å². The molecule has 1 saturated heterocycles. The van der Waals surface area contributed by atoms with Crippen LogP contribution in [0, 0.1) is 13.8 Å². The summed E-state index contributed by atoms with van der Waals surface area (Å²) in [4.78, 5) is 14.4. The van der Waals surface area contributed by atoms with Crippen molar-refractivity contribution in [3.63, 3.8) is 0 Å². The van der Waals surface area contributed by atoms with Crippen LogP contribution in [-0.4, -0.2) is 34.5 Å². The predicted molar refractivity (Wildman–Crippen MR) is 72.7 cm³/mol. The van der Waals surface area contributed by atoms with Gasteiger partial charge in [0.1, 0.15) is 0 Å². The molecule has 2 N–H and O–H groups in total. The number of amides is 1. The van der Waals surface area contributed by atoms with Crippen molar-refractivity contribution in [3.05, 3.63) is 23.0 Å². The zero-order chi connectivity index (χ0) is 13.3. The average Bonchev–Trinajstić information content (AvgIpc) is 2.63. The van der Waals surface area contributed by atoms with Gasteiger partial charge in [-0.15, -0.1) is 0 Å². The van der Waals surface area contributed by atoms with E-state index in [4.69, 9.17) is 5.73 Å². The Bertz CT molecular complexity index is 450. The van der Waals surface area contributed by atoms with Crippen molar-refractivity contribution in [2.24, 2.45) is 5.73 Å². The third-order valence-electron chi connectivity index (χ3n) is 3.87. The van der Waals surface area contributed by atoms with Gasteiger partial charge < -0.3 is 15.2 Å². The minimum absolute atomic E-state index is 0.136. The van der Waals surface area contributed by atoms with Crippen molar-refractivity contribution in [1.29, 1.82) is 0 Å². The van der Waals surface area contributed by atoms with Gasteiger partial charge in [0, 0.05) is 37.1 Å². The summed E-state index contributed by atoms with van der Waals surface area (Å²) in [7, 11) is 0. The normalized spacial score (nSPS) is 20.2. The van der Waals surface area contributed by atoms with E-state index in [1.165, 1.54) is 0 Å². The minimum atomic E-state index is 0.136. The van der Waals surface area contributed by atoms with Gasteiger partial charge in [-0.3, -0.25) is 4.79 Å². The summed E-state index contributed by atoms with van der Waals surface area (Å²) in [6.45, 7) is 8.61. The van der Waals surface area contributed by atoms with Gasteiger partial charge in [0.05, 0.1) is 5.56 Å². The van der Waals surface area contributed by atoms with Crippen LogP contribution in [0.3, 0.4) is 0 Å². The SMILES string of the molecule is CCn1c(C)cc(C(=O)N2CCCC(N)C2)c1C. The number of likely N-dealkylation sites (tertiary alicyclic amines) is 1. The largest absolute Gasteiger partial charge is 0.349 e. The Kier molecular flexibility index (Phi) is 3.76. The summed E-state index contributed by atoms with van der Waals surface area (Å²) in [6.07, 6.45) is 2.04. The van der Waals surface area contributed by atoms with Crippen LogP contribution in [0.25, 0.3) is 0 Å². The van der Waals surface area contributed by atoms with E-state index in [2.05, 4.69) is 18.4 Å². The maximum Gasteiger partial charge on any atom is 0.255 e. The van der Waals surface area contributed by atoms with E-state index in [9.17, 15) is 4.79 Å². The fourth-order valence-corrected chi connectivity index (χ4v) is 2.87. The van der Waals surface area contributed by atoms with E-state index in [-0.39, 0.29) is 11.9 Å². The molecule has 0 saturated carbocycles. The molecule has 1 amide bonds. The fraction of sp³-hybridized carbons (Fsp3) is 0.643. The van der Waals surface area contributed by atoms with Gasteiger partial charge in [-0.1, -0.05) is 0 Å². The first-order valence-electron chi connectivity index (χ1n) is 6.76. The maximum atomic E-state index is 12.5. The number of rotatable bonds is 2. The van der Waals surface area contributed by atoms with Gasteiger partial charge in [0.2, 0.25) is 0 Å². The Morgan fingerprint density at radius 3 is 2.78 bits per heavy atom. The first-order valence-corrected chi connectivity index (χ1v) is 6.76. The van der Waals surface area contributed by atoms with E-state index in [0.29, 0.717) is 6.54 Å². The second-order valence-corrected chi connectivity index (χ2v) is 5.18. The molecule has 1 aromatic rings. The molecular formula is C14H23N3O. The standard InChI is InChI=1S/C14H23N3O/c1-4-17-10(2)8-13(11(17)3)14(18)16-7-5-6-12(15)9-16/h8,12H,4-7,9,15H2,1-3H3. The Labute approximate surface area is 109 Å². The highest BCUT2D eigenvalue weighted by Crippen LogP contribution is 2.19. The van der Waals surface area contributed by atoms with Crippen LogP contribution in [0.5, 0.6) is 0 Å². The zero-order valence-electron chi connectivity index (χ0n) is 11.6. The summed E-state index contributed by atoms with van der Waals surface area (Å²) < 4.78 is 2.18. The van der Waals surface area contributed by atoms with Crippen molar-refractivity contribution in [2.75, 3.05) is 13.1 Å². The van der Waals surface area contributed by atoms with Crippen LogP contribution >= 0.6 is 0 Å². The van der Waals surface area contributed by atoms with E-state index in [0.717, 1.165) is 42.9 Å². The Morgan fingerprint density at radius 2 is 2.22 bits per heavy atom. The minimum Gasteiger partial charge on any atom is -0.349 e. The molecule has 1 aromatic heterocycles. The van der Waals surface area contributed by atoms with Crippen LogP contribution in [0.15, 0.2) is 6.07 Å². The second-order valence-electron chi connectivity index (χ2n) is 5.18. The number of aromatic nitrogens is 1. The van der Waals surface area contributed by atoms with Crippen molar-refractivity contribution < 1.29 is 4.79 Å². The molecule has 18 heavy (non-hydrogen) atoms. The van der Waals surface area contributed by atoms with Gasteiger partial charge in [0.25, 0.3) is 5.91 Å². The van der Waals surface area contributed by atoms with E-state index >= 15 is 0 Å². The Morgan fingerprint density at radius 1 is 1.50 bits per heavy atom. The zero-order valence-corrected chi connectivity index (χ0v) is 11.6.